The molecule has 1 unspecified atom stereocenters. The maximum absolute atomic E-state index is 14.2. The summed E-state index contributed by atoms with van der Waals surface area (Å²) in [5, 5.41) is 0. The Morgan fingerprint density at radius 1 is 1.27 bits per heavy atom. The van der Waals surface area contributed by atoms with Crippen molar-refractivity contribution in [1.29, 1.82) is 0 Å². The number of Topliss-reactive ketones (excluding diaryl/α,β-unsaturated/α-hetero) is 1. The average molecular weight is 304 g/mol. The number of carbonyl (C=O) groups is 1. The highest BCUT2D eigenvalue weighted by Gasteiger charge is 2.32. The Labute approximate surface area is 132 Å². The lowest BCUT2D eigenvalue weighted by atomic mass is 9.76. The van der Waals surface area contributed by atoms with Gasteiger partial charge >= 0.3 is 0 Å². The van der Waals surface area contributed by atoms with Crippen LogP contribution in [0.5, 0.6) is 5.75 Å². The van der Waals surface area contributed by atoms with E-state index in [1.54, 1.807) is 6.07 Å². The molecule has 0 radical (unpaired) electrons. The van der Waals surface area contributed by atoms with Crippen molar-refractivity contribution in [2.45, 2.75) is 71.3 Å². The summed E-state index contributed by atoms with van der Waals surface area (Å²) in [6.45, 7) is 5.95. The van der Waals surface area contributed by atoms with Gasteiger partial charge in [-0.15, -0.1) is 0 Å². The average Bonchev–Trinajstić information content (AvgIpc) is 3.21. The van der Waals surface area contributed by atoms with Crippen LogP contribution in [0.3, 0.4) is 0 Å². The first-order chi connectivity index (χ1) is 10.4. The molecule has 0 spiro atoms. The largest absolute Gasteiger partial charge is 0.490 e. The van der Waals surface area contributed by atoms with Gasteiger partial charge in [0.1, 0.15) is 11.6 Å². The lowest BCUT2D eigenvalue weighted by molar-refractivity contribution is 0.0840. The number of halogens is 1. The van der Waals surface area contributed by atoms with Crippen LogP contribution in [0.4, 0.5) is 4.39 Å². The summed E-state index contributed by atoms with van der Waals surface area (Å²) in [5.74, 6) is 0.421. The van der Waals surface area contributed by atoms with Crippen molar-refractivity contribution in [2.75, 3.05) is 0 Å². The fourth-order valence-electron chi connectivity index (χ4n) is 3.57. The van der Waals surface area contributed by atoms with E-state index in [-0.39, 0.29) is 17.5 Å². The standard InChI is InChI=1S/C19H25FO2/c1-12(21)15-9-16(13-6-7-13)18(10-17(15)20)22-14-5-4-8-19(2,3)11-14/h9-10,13-14H,4-8,11H2,1-3H3. The smallest absolute Gasteiger partial charge is 0.162 e. The van der Waals surface area contributed by atoms with E-state index in [1.807, 2.05) is 0 Å². The van der Waals surface area contributed by atoms with Crippen LogP contribution in [0.2, 0.25) is 0 Å². The van der Waals surface area contributed by atoms with Crippen LogP contribution in [0.1, 0.15) is 81.1 Å². The van der Waals surface area contributed by atoms with Gasteiger partial charge < -0.3 is 4.74 Å². The molecular weight excluding hydrogens is 279 g/mol. The maximum Gasteiger partial charge on any atom is 0.162 e. The summed E-state index contributed by atoms with van der Waals surface area (Å²) >= 11 is 0. The number of rotatable bonds is 4. The number of hydrogen-bond donors (Lipinski definition) is 0. The monoisotopic (exact) mass is 304 g/mol. The van der Waals surface area contributed by atoms with Crippen LogP contribution in [0, 0.1) is 11.2 Å². The molecule has 0 heterocycles. The quantitative estimate of drug-likeness (QED) is 0.710. The Morgan fingerprint density at radius 3 is 2.59 bits per heavy atom. The summed E-state index contributed by atoms with van der Waals surface area (Å²) in [7, 11) is 0. The zero-order valence-electron chi connectivity index (χ0n) is 13.7. The molecule has 2 saturated carbocycles. The highest BCUT2D eigenvalue weighted by molar-refractivity contribution is 5.94. The van der Waals surface area contributed by atoms with Crippen LogP contribution in [0.15, 0.2) is 12.1 Å². The Hall–Kier alpha value is -1.38. The minimum atomic E-state index is -0.457. The normalized spacial score (nSPS) is 24.1. The second kappa shape index (κ2) is 5.68. The number of hydrogen-bond acceptors (Lipinski definition) is 2. The Morgan fingerprint density at radius 2 is 2.00 bits per heavy atom. The minimum absolute atomic E-state index is 0.156. The molecule has 3 rings (SSSR count). The number of ether oxygens (including phenoxy) is 1. The zero-order chi connectivity index (χ0) is 15.9. The van der Waals surface area contributed by atoms with Gasteiger partial charge in [0.25, 0.3) is 0 Å². The third-order valence-electron chi connectivity index (χ3n) is 4.95. The molecule has 2 nitrogen and oxygen atoms in total. The molecule has 2 fully saturated rings. The number of benzene rings is 1. The molecule has 1 aromatic rings. The topological polar surface area (TPSA) is 26.3 Å². The zero-order valence-corrected chi connectivity index (χ0v) is 13.7. The van der Waals surface area contributed by atoms with Crippen molar-refractivity contribution in [2.24, 2.45) is 5.41 Å². The van der Waals surface area contributed by atoms with Gasteiger partial charge in [0.2, 0.25) is 0 Å². The van der Waals surface area contributed by atoms with Crippen molar-refractivity contribution < 1.29 is 13.9 Å². The predicted octanol–water partition coefficient (Wildman–Crippen LogP) is 5.25. The van der Waals surface area contributed by atoms with Crippen LogP contribution < -0.4 is 4.74 Å². The van der Waals surface area contributed by atoms with Crippen molar-refractivity contribution in [1.82, 2.24) is 0 Å². The van der Waals surface area contributed by atoms with E-state index < -0.39 is 5.82 Å². The molecule has 22 heavy (non-hydrogen) atoms. The minimum Gasteiger partial charge on any atom is -0.490 e. The van der Waals surface area contributed by atoms with Gasteiger partial charge in [-0.3, -0.25) is 4.79 Å². The molecule has 1 aromatic carbocycles. The fourth-order valence-corrected chi connectivity index (χ4v) is 3.57. The summed E-state index contributed by atoms with van der Waals surface area (Å²) in [6, 6.07) is 3.16. The molecule has 120 valence electrons. The lowest BCUT2D eigenvalue weighted by Gasteiger charge is -2.35. The summed E-state index contributed by atoms with van der Waals surface area (Å²) < 4.78 is 20.4. The number of carbonyl (C=O) groups excluding carboxylic acids is 1. The van der Waals surface area contributed by atoms with Crippen LogP contribution in [0.25, 0.3) is 0 Å². The molecule has 0 aliphatic heterocycles. The first-order valence-electron chi connectivity index (χ1n) is 8.37. The summed E-state index contributed by atoms with van der Waals surface area (Å²) in [5.41, 5.74) is 1.51. The summed E-state index contributed by atoms with van der Waals surface area (Å²) in [4.78, 5) is 11.6. The van der Waals surface area contributed by atoms with E-state index in [2.05, 4.69) is 13.8 Å². The number of ketones is 1. The van der Waals surface area contributed by atoms with Gasteiger partial charge in [-0.25, -0.2) is 4.39 Å². The van der Waals surface area contributed by atoms with Crippen molar-refractivity contribution in [3.63, 3.8) is 0 Å². The lowest BCUT2D eigenvalue weighted by Crippen LogP contribution is -2.30. The first-order valence-corrected chi connectivity index (χ1v) is 8.37. The van der Waals surface area contributed by atoms with Gasteiger partial charge in [-0.2, -0.15) is 0 Å². The molecule has 0 saturated heterocycles. The Bertz CT molecular complexity index is 587. The fraction of sp³-hybridized carbons (Fsp3) is 0.632. The van der Waals surface area contributed by atoms with E-state index in [0.717, 1.165) is 37.7 Å². The molecule has 2 aliphatic rings. The molecule has 3 heteroatoms. The predicted molar refractivity (Wildman–Crippen MR) is 85.0 cm³/mol. The molecule has 0 bridgehead atoms. The van der Waals surface area contributed by atoms with E-state index in [4.69, 9.17) is 4.74 Å². The van der Waals surface area contributed by atoms with Gasteiger partial charge in [0.05, 0.1) is 11.7 Å². The highest BCUT2D eigenvalue weighted by atomic mass is 19.1. The summed E-state index contributed by atoms with van der Waals surface area (Å²) in [6.07, 6.45) is 6.79. The van der Waals surface area contributed by atoms with Gasteiger partial charge in [0.15, 0.2) is 5.78 Å². The van der Waals surface area contributed by atoms with Crippen molar-refractivity contribution in [3.8, 4) is 5.75 Å². The van der Waals surface area contributed by atoms with Gasteiger partial charge in [0, 0.05) is 6.07 Å². The molecule has 0 N–H and O–H groups in total. The van der Waals surface area contributed by atoms with Gasteiger partial charge in [-0.05, 0) is 68.4 Å². The first kappa shape index (κ1) is 15.5. The van der Waals surface area contributed by atoms with E-state index >= 15 is 0 Å². The molecule has 1 atom stereocenters. The van der Waals surface area contributed by atoms with Crippen molar-refractivity contribution in [3.05, 3.63) is 29.1 Å². The second-order valence-corrected chi connectivity index (χ2v) is 7.70. The molecule has 0 amide bonds. The third kappa shape index (κ3) is 3.34. The Kier molecular flexibility index (Phi) is 4.00. The van der Waals surface area contributed by atoms with Crippen LogP contribution in [-0.4, -0.2) is 11.9 Å². The molecular formula is C19H25FO2. The second-order valence-electron chi connectivity index (χ2n) is 7.70. The van der Waals surface area contributed by atoms with Crippen LogP contribution >= 0.6 is 0 Å². The van der Waals surface area contributed by atoms with E-state index in [9.17, 15) is 9.18 Å². The third-order valence-corrected chi connectivity index (χ3v) is 4.95. The van der Waals surface area contributed by atoms with Crippen LogP contribution in [-0.2, 0) is 0 Å². The van der Waals surface area contributed by atoms with Crippen molar-refractivity contribution >= 4 is 5.78 Å². The molecule has 2 aliphatic carbocycles. The van der Waals surface area contributed by atoms with Gasteiger partial charge in [-0.1, -0.05) is 13.8 Å². The Balaban J connectivity index is 1.86. The molecule has 0 aromatic heterocycles. The maximum atomic E-state index is 14.2. The SMILES string of the molecule is CC(=O)c1cc(C2CC2)c(OC2CCCC(C)(C)C2)cc1F. The van der Waals surface area contributed by atoms with E-state index in [1.165, 1.54) is 19.4 Å². The highest BCUT2D eigenvalue weighted by Crippen LogP contribution is 2.46. The van der Waals surface area contributed by atoms with E-state index in [0.29, 0.717) is 17.1 Å².